The molecule has 2 amide bonds. The van der Waals surface area contributed by atoms with Gasteiger partial charge in [-0.1, -0.05) is 54.6 Å². The minimum atomic E-state index is -0.705. The van der Waals surface area contributed by atoms with Gasteiger partial charge in [-0.15, -0.1) is 0 Å². The predicted molar refractivity (Wildman–Crippen MR) is 158 cm³/mol. The standard InChI is InChI=1S/C33H40N4O3/c1-22(38)37(3)27-15-9-23(10-16-27)17-31(39)36-30-18-28(24-7-5-4-6-8-24)29(19-35-30)25-11-13-26(14-12-25)33(34)20-32(2,40)21-33/h4-8,11-14,18-19,23,27,40H,9-10,15-17,20-21,34H2,1-3H3,(H,35,36,39)/t23-,27-,32-,33-. The van der Waals surface area contributed by atoms with E-state index in [4.69, 9.17) is 5.73 Å². The number of anilines is 1. The molecule has 0 radical (unpaired) electrons. The molecule has 3 aromatic rings. The van der Waals surface area contributed by atoms with Crippen LogP contribution in [0.1, 0.15) is 64.4 Å². The second-order valence-corrected chi connectivity index (χ2v) is 12.1. The van der Waals surface area contributed by atoms with Crippen molar-refractivity contribution in [2.45, 2.75) is 76.0 Å². The van der Waals surface area contributed by atoms with E-state index in [2.05, 4.69) is 34.6 Å². The van der Waals surface area contributed by atoms with Crippen molar-refractivity contribution in [3.05, 3.63) is 72.4 Å². The van der Waals surface area contributed by atoms with Crippen LogP contribution in [-0.2, 0) is 15.1 Å². The van der Waals surface area contributed by atoms with Crippen LogP contribution in [0, 0.1) is 5.92 Å². The van der Waals surface area contributed by atoms with Crippen molar-refractivity contribution >= 4 is 17.6 Å². The van der Waals surface area contributed by atoms with Gasteiger partial charge in [0.2, 0.25) is 11.8 Å². The number of pyridine rings is 1. The molecule has 2 aliphatic rings. The van der Waals surface area contributed by atoms with Gasteiger partial charge < -0.3 is 21.1 Å². The Bertz CT molecular complexity index is 1350. The van der Waals surface area contributed by atoms with Crippen molar-refractivity contribution in [1.29, 1.82) is 0 Å². The van der Waals surface area contributed by atoms with Crippen LogP contribution in [0.5, 0.6) is 0 Å². The Kier molecular flexibility index (Phi) is 7.80. The second kappa shape index (κ2) is 11.1. The first-order chi connectivity index (χ1) is 19.0. The highest BCUT2D eigenvalue weighted by atomic mass is 16.3. The quantitative estimate of drug-likeness (QED) is 0.368. The lowest BCUT2D eigenvalue weighted by Crippen LogP contribution is -2.58. The number of nitrogens with one attached hydrogen (secondary N) is 1. The first-order valence-electron chi connectivity index (χ1n) is 14.2. The van der Waals surface area contributed by atoms with Gasteiger partial charge in [0, 0.05) is 43.7 Å². The highest BCUT2D eigenvalue weighted by Gasteiger charge is 2.49. The number of nitrogens with zero attached hydrogens (tertiary/aromatic N) is 2. The number of aromatic nitrogens is 1. The molecule has 2 fully saturated rings. The number of rotatable bonds is 7. The summed E-state index contributed by atoms with van der Waals surface area (Å²) in [4.78, 5) is 31.1. The monoisotopic (exact) mass is 540 g/mol. The number of aliphatic hydroxyl groups is 1. The highest BCUT2D eigenvalue weighted by Crippen LogP contribution is 2.46. The van der Waals surface area contributed by atoms with Crippen LogP contribution in [0.15, 0.2) is 66.9 Å². The predicted octanol–water partition coefficient (Wildman–Crippen LogP) is 5.48. The van der Waals surface area contributed by atoms with Gasteiger partial charge in [0.05, 0.1) is 5.60 Å². The molecule has 210 valence electrons. The molecule has 5 rings (SSSR count). The fourth-order valence-corrected chi connectivity index (χ4v) is 6.55. The minimum absolute atomic E-state index is 0.0309. The van der Waals surface area contributed by atoms with Crippen LogP contribution in [0.25, 0.3) is 22.3 Å². The van der Waals surface area contributed by atoms with E-state index in [1.54, 1.807) is 6.92 Å². The van der Waals surface area contributed by atoms with Gasteiger partial charge >= 0.3 is 0 Å². The summed E-state index contributed by atoms with van der Waals surface area (Å²) in [6, 6.07) is 20.5. The molecule has 2 saturated carbocycles. The molecule has 2 aliphatic carbocycles. The Morgan fingerprint density at radius 3 is 2.23 bits per heavy atom. The minimum Gasteiger partial charge on any atom is -0.390 e. The molecular weight excluding hydrogens is 500 g/mol. The highest BCUT2D eigenvalue weighted by molar-refractivity contribution is 5.92. The van der Waals surface area contributed by atoms with Crippen molar-refractivity contribution in [1.82, 2.24) is 9.88 Å². The first kappa shape index (κ1) is 28.0. The maximum Gasteiger partial charge on any atom is 0.225 e. The summed E-state index contributed by atoms with van der Waals surface area (Å²) in [6.07, 6.45) is 7.11. The molecule has 0 saturated heterocycles. The summed E-state index contributed by atoms with van der Waals surface area (Å²) >= 11 is 0. The average molecular weight is 541 g/mol. The lowest BCUT2D eigenvalue weighted by Gasteiger charge is -2.49. The summed E-state index contributed by atoms with van der Waals surface area (Å²) in [6.45, 7) is 3.43. The van der Waals surface area contributed by atoms with Crippen molar-refractivity contribution in [3.8, 4) is 22.3 Å². The molecular formula is C33H40N4O3. The number of amides is 2. The fourth-order valence-electron chi connectivity index (χ4n) is 6.55. The van der Waals surface area contributed by atoms with E-state index in [1.807, 2.05) is 61.5 Å². The number of hydrogen-bond acceptors (Lipinski definition) is 5. The molecule has 0 bridgehead atoms. The summed E-state index contributed by atoms with van der Waals surface area (Å²) in [5.74, 6) is 0.911. The largest absolute Gasteiger partial charge is 0.390 e. The zero-order valence-electron chi connectivity index (χ0n) is 23.7. The van der Waals surface area contributed by atoms with Gasteiger partial charge in [-0.05, 0) is 79.7 Å². The van der Waals surface area contributed by atoms with Crippen molar-refractivity contribution in [3.63, 3.8) is 0 Å². The molecule has 1 aromatic heterocycles. The number of carbonyl (C=O) groups is 2. The van der Waals surface area contributed by atoms with Gasteiger partial charge in [-0.3, -0.25) is 9.59 Å². The average Bonchev–Trinajstić information content (AvgIpc) is 2.92. The summed E-state index contributed by atoms with van der Waals surface area (Å²) in [5, 5.41) is 13.2. The van der Waals surface area contributed by atoms with E-state index < -0.39 is 11.1 Å². The van der Waals surface area contributed by atoms with Crippen LogP contribution in [-0.4, -0.2) is 45.5 Å². The summed E-state index contributed by atoms with van der Waals surface area (Å²) in [7, 11) is 1.86. The van der Waals surface area contributed by atoms with Crippen LogP contribution in [0.2, 0.25) is 0 Å². The van der Waals surface area contributed by atoms with E-state index >= 15 is 0 Å². The van der Waals surface area contributed by atoms with E-state index in [0.29, 0.717) is 31.0 Å². The normalized spacial score (nSPS) is 26.0. The molecule has 1 heterocycles. The molecule has 2 aromatic carbocycles. The van der Waals surface area contributed by atoms with Gasteiger partial charge in [0.25, 0.3) is 0 Å². The molecule has 7 nitrogen and oxygen atoms in total. The fraction of sp³-hybridized carbons (Fsp3) is 0.424. The third-order valence-electron chi connectivity index (χ3n) is 8.75. The first-order valence-corrected chi connectivity index (χ1v) is 14.2. The van der Waals surface area contributed by atoms with Crippen molar-refractivity contribution in [2.24, 2.45) is 11.7 Å². The molecule has 40 heavy (non-hydrogen) atoms. The number of benzene rings is 2. The van der Waals surface area contributed by atoms with Crippen LogP contribution < -0.4 is 11.1 Å². The zero-order valence-corrected chi connectivity index (χ0v) is 23.7. The van der Waals surface area contributed by atoms with E-state index in [1.165, 1.54) is 0 Å². The summed E-state index contributed by atoms with van der Waals surface area (Å²) < 4.78 is 0. The van der Waals surface area contributed by atoms with Crippen molar-refractivity contribution in [2.75, 3.05) is 12.4 Å². The van der Waals surface area contributed by atoms with E-state index in [9.17, 15) is 14.7 Å². The van der Waals surface area contributed by atoms with E-state index in [0.717, 1.165) is 53.5 Å². The third kappa shape index (κ3) is 6.11. The summed E-state index contributed by atoms with van der Waals surface area (Å²) in [5.41, 5.74) is 10.4. The lowest BCUT2D eigenvalue weighted by atomic mass is 9.63. The Balaban J connectivity index is 1.30. The van der Waals surface area contributed by atoms with Gasteiger partial charge in [-0.2, -0.15) is 0 Å². The molecule has 0 aliphatic heterocycles. The van der Waals surface area contributed by atoms with Crippen molar-refractivity contribution < 1.29 is 14.7 Å². The van der Waals surface area contributed by atoms with E-state index in [-0.39, 0.29) is 17.9 Å². The number of hydrogen-bond donors (Lipinski definition) is 3. The molecule has 0 unspecified atom stereocenters. The number of carbonyl (C=O) groups excluding carboxylic acids is 2. The molecule has 4 N–H and O–H groups in total. The second-order valence-electron chi connectivity index (χ2n) is 12.1. The molecule has 7 heteroatoms. The Morgan fingerprint density at radius 1 is 1.00 bits per heavy atom. The maximum atomic E-state index is 13.0. The van der Waals surface area contributed by atoms with Gasteiger partial charge in [0.1, 0.15) is 5.82 Å². The lowest BCUT2D eigenvalue weighted by molar-refractivity contribution is -0.130. The van der Waals surface area contributed by atoms with Gasteiger partial charge in [-0.25, -0.2) is 4.98 Å². The third-order valence-corrected chi connectivity index (χ3v) is 8.75. The van der Waals surface area contributed by atoms with Gasteiger partial charge in [0.15, 0.2) is 0 Å². The topological polar surface area (TPSA) is 109 Å². The smallest absolute Gasteiger partial charge is 0.225 e. The van der Waals surface area contributed by atoms with Crippen LogP contribution in [0.4, 0.5) is 5.82 Å². The zero-order chi connectivity index (χ0) is 28.5. The van der Waals surface area contributed by atoms with Crippen LogP contribution in [0.3, 0.4) is 0 Å². The van der Waals surface area contributed by atoms with Crippen LogP contribution >= 0.6 is 0 Å². The maximum absolute atomic E-state index is 13.0. The Hall–Kier alpha value is -3.55. The molecule has 0 atom stereocenters. The number of nitrogens with two attached hydrogens (primary N) is 1. The Morgan fingerprint density at radius 2 is 1.62 bits per heavy atom. The Labute approximate surface area is 236 Å². The SMILES string of the molecule is CC(=O)N(C)[C@H]1CC[C@H](CC(=O)Nc2cc(-c3ccccc3)c(-c3ccc([C@]4(N)C[C@](C)(O)C4)cc3)cn2)CC1. The molecule has 0 spiro atoms.